The van der Waals surface area contributed by atoms with Gasteiger partial charge in [-0.15, -0.1) is 0 Å². The number of benzene rings is 2. The maximum Gasteiger partial charge on any atom is 0.193 e. The first-order valence-corrected chi connectivity index (χ1v) is 10.3. The predicted octanol–water partition coefficient (Wildman–Crippen LogP) is 5.08. The summed E-state index contributed by atoms with van der Waals surface area (Å²) in [7, 11) is 0. The lowest BCUT2D eigenvalue weighted by atomic mass is 10.0. The van der Waals surface area contributed by atoms with Crippen molar-refractivity contribution in [2.45, 2.75) is 18.6 Å². The molecule has 152 valence electrons. The molecule has 2 aromatic heterocycles. The summed E-state index contributed by atoms with van der Waals surface area (Å²) in [5, 5.41) is 9.78. The van der Waals surface area contributed by atoms with Crippen LogP contribution in [0.5, 0.6) is 5.88 Å². The van der Waals surface area contributed by atoms with Crippen LogP contribution >= 0.6 is 11.6 Å². The number of ether oxygens (including phenoxy) is 2. The van der Waals surface area contributed by atoms with E-state index in [0.717, 1.165) is 27.9 Å². The van der Waals surface area contributed by atoms with Crippen LogP contribution in [0.4, 0.5) is 0 Å². The van der Waals surface area contributed by atoms with E-state index in [9.17, 15) is 5.11 Å². The molecule has 0 aliphatic carbocycles. The lowest BCUT2D eigenvalue weighted by Gasteiger charge is -2.09. The number of aliphatic hydroxyl groups is 1. The SMILES string of the molecule is OC[C@@H]1C[C@H](Oc2cc3nc(-c4ccc(-c5ccccc5)cc4)c(Cl)cc3[nH]2)CO1. The molecular weight excluding hydrogens is 400 g/mol. The minimum absolute atomic E-state index is 0.0101. The number of aliphatic hydroxyl groups excluding tert-OH is 1. The Balaban J connectivity index is 1.40. The molecule has 2 N–H and O–H groups in total. The Morgan fingerprint density at radius 2 is 1.77 bits per heavy atom. The Morgan fingerprint density at radius 1 is 1.03 bits per heavy atom. The van der Waals surface area contributed by atoms with Crippen molar-refractivity contribution in [3.63, 3.8) is 0 Å². The number of hydrogen-bond acceptors (Lipinski definition) is 4. The van der Waals surface area contributed by atoms with Crippen LogP contribution in [0.25, 0.3) is 33.4 Å². The van der Waals surface area contributed by atoms with Crippen LogP contribution in [-0.4, -0.2) is 40.5 Å². The number of fused-ring (bicyclic) bond motifs is 1. The summed E-state index contributed by atoms with van der Waals surface area (Å²) in [5.41, 5.74) is 5.62. The third-order valence-electron chi connectivity index (χ3n) is 5.34. The molecule has 5 rings (SSSR count). The van der Waals surface area contributed by atoms with Crippen molar-refractivity contribution in [1.29, 1.82) is 0 Å². The van der Waals surface area contributed by atoms with Gasteiger partial charge >= 0.3 is 0 Å². The first-order chi connectivity index (χ1) is 14.7. The summed E-state index contributed by atoms with van der Waals surface area (Å²) in [5.74, 6) is 0.623. The first kappa shape index (κ1) is 19.1. The van der Waals surface area contributed by atoms with Gasteiger partial charge in [-0.3, -0.25) is 0 Å². The van der Waals surface area contributed by atoms with Gasteiger partial charge in [0.1, 0.15) is 6.10 Å². The summed E-state index contributed by atoms with van der Waals surface area (Å²) >= 11 is 6.54. The van der Waals surface area contributed by atoms with E-state index < -0.39 is 0 Å². The number of nitrogens with zero attached hydrogens (tertiary/aromatic N) is 1. The zero-order valence-electron chi connectivity index (χ0n) is 16.2. The van der Waals surface area contributed by atoms with Crippen LogP contribution in [0, 0.1) is 0 Å². The van der Waals surface area contributed by atoms with Gasteiger partial charge in [-0.05, 0) is 17.2 Å². The zero-order chi connectivity index (χ0) is 20.5. The van der Waals surface area contributed by atoms with Crippen molar-refractivity contribution in [3.8, 4) is 28.3 Å². The number of aromatic nitrogens is 2. The number of halogens is 1. The van der Waals surface area contributed by atoms with Crippen LogP contribution in [0.1, 0.15) is 6.42 Å². The molecule has 0 spiro atoms. The van der Waals surface area contributed by atoms with Gasteiger partial charge in [-0.2, -0.15) is 0 Å². The van der Waals surface area contributed by atoms with Gasteiger partial charge in [0, 0.05) is 18.1 Å². The average Bonchev–Trinajstić information content (AvgIpc) is 3.40. The van der Waals surface area contributed by atoms with Gasteiger partial charge in [0.2, 0.25) is 0 Å². The molecule has 5 nitrogen and oxygen atoms in total. The van der Waals surface area contributed by atoms with Crippen LogP contribution in [0.15, 0.2) is 66.7 Å². The fourth-order valence-electron chi connectivity index (χ4n) is 3.78. The molecule has 0 radical (unpaired) electrons. The number of nitrogens with one attached hydrogen (secondary N) is 1. The largest absolute Gasteiger partial charge is 0.473 e. The van der Waals surface area contributed by atoms with Gasteiger partial charge in [-0.25, -0.2) is 4.98 Å². The van der Waals surface area contributed by atoms with E-state index in [1.54, 1.807) is 0 Å². The summed E-state index contributed by atoms with van der Waals surface area (Å²) in [4.78, 5) is 7.98. The van der Waals surface area contributed by atoms with Gasteiger partial charge in [0.15, 0.2) is 5.88 Å². The van der Waals surface area contributed by atoms with Gasteiger partial charge in [0.05, 0.1) is 41.1 Å². The molecule has 3 heterocycles. The molecule has 0 bridgehead atoms. The Labute approximate surface area is 179 Å². The molecule has 6 heteroatoms. The van der Waals surface area contributed by atoms with E-state index >= 15 is 0 Å². The maximum atomic E-state index is 9.20. The fraction of sp³-hybridized carbons (Fsp3) is 0.208. The Bertz CT molecular complexity index is 1160. The second kappa shape index (κ2) is 8.11. The van der Waals surface area contributed by atoms with Crippen LogP contribution in [0.2, 0.25) is 5.02 Å². The standard InChI is InChI=1S/C24H21ClN2O3/c25-20-11-21-22(12-23(26-21)30-19-10-18(13-28)29-14-19)27-24(20)17-8-6-16(7-9-17)15-4-2-1-3-5-15/h1-9,11-12,18-19,26,28H,10,13-14H2/t18-,19-/m0/s1. The second-order valence-corrected chi connectivity index (χ2v) is 7.85. The quantitative estimate of drug-likeness (QED) is 0.472. The van der Waals surface area contributed by atoms with E-state index in [-0.39, 0.29) is 18.8 Å². The fourth-order valence-corrected chi connectivity index (χ4v) is 4.05. The number of aromatic amines is 1. The monoisotopic (exact) mass is 420 g/mol. The molecule has 0 amide bonds. The third-order valence-corrected chi connectivity index (χ3v) is 5.63. The van der Waals surface area contributed by atoms with Crippen molar-refractivity contribution in [1.82, 2.24) is 9.97 Å². The van der Waals surface area contributed by atoms with Gasteiger partial charge in [-0.1, -0.05) is 66.2 Å². The van der Waals surface area contributed by atoms with E-state index in [1.165, 1.54) is 5.56 Å². The molecule has 2 aromatic carbocycles. The van der Waals surface area contributed by atoms with Crippen molar-refractivity contribution in [2.75, 3.05) is 13.2 Å². The van der Waals surface area contributed by atoms with Crippen LogP contribution in [-0.2, 0) is 4.74 Å². The van der Waals surface area contributed by atoms with Crippen LogP contribution in [0.3, 0.4) is 0 Å². The van der Waals surface area contributed by atoms with E-state index in [4.69, 9.17) is 26.1 Å². The average molecular weight is 421 g/mol. The minimum atomic E-state index is -0.155. The van der Waals surface area contributed by atoms with E-state index in [1.807, 2.05) is 42.5 Å². The molecule has 0 saturated carbocycles. The highest BCUT2D eigenvalue weighted by molar-refractivity contribution is 6.33. The number of pyridine rings is 1. The maximum absolute atomic E-state index is 9.20. The lowest BCUT2D eigenvalue weighted by Crippen LogP contribution is -2.17. The lowest BCUT2D eigenvalue weighted by molar-refractivity contribution is 0.0531. The van der Waals surface area contributed by atoms with E-state index in [2.05, 4.69) is 29.2 Å². The molecule has 1 aliphatic rings. The molecule has 30 heavy (non-hydrogen) atoms. The highest BCUT2D eigenvalue weighted by Gasteiger charge is 2.27. The van der Waals surface area contributed by atoms with E-state index in [0.29, 0.717) is 23.9 Å². The van der Waals surface area contributed by atoms with Crippen molar-refractivity contribution < 1.29 is 14.6 Å². The van der Waals surface area contributed by atoms with Gasteiger partial charge in [0.25, 0.3) is 0 Å². The summed E-state index contributed by atoms with van der Waals surface area (Å²) in [6.07, 6.45) is 0.423. The predicted molar refractivity (Wildman–Crippen MR) is 118 cm³/mol. The Kier molecular flexibility index (Phi) is 5.17. The second-order valence-electron chi connectivity index (χ2n) is 7.44. The highest BCUT2D eigenvalue weighted by Crippen LogP contribution is 2.32. The molecule has 1 aliphatic heterocycles. The number of hydrogen-bond donors (Lipinski definition) is 2. The molecule has 0 unspecified atom stereocenters. The highest BCUT2D eigenvalue weighted by atomic mass is 35.5. The Morgan fingerprint density at radius 3 is 2.50 bits per heavy atom. The van der Waals surface area contributed by atoms with Gasteiger partial charge < -0.3 is 19.6 Å². The number of rotatable bonds is 5. The number of H-pyrrole nitrogens is 1. The topological polar surface area (TPSA) is 67.4 Å². The molecular formula is C24H21ClN2O3. The molecule has 1 fully saturated rings. The summed E-state index contributed by atoms with van der Waals surface area (Å²) in [6.45, 7) is 0.476. The van der Waals surface area contributed by atoms with Crippen molar-refractivity contribution in [3.05, 3.63) is 71.8 Å². The van der Waals surface area contributed by atoms with Crippen LogP contribution < -0.4 is 4.74 Å². The Hall–Kier alpha value is -2.86. The summed E-state index contributed by atoms with van der Waals surface area (Å²) in [6, 6.07) is 22.2. The molecule has 2 atom stereocenters. The van der Waals surface area contributed by atoms with Crippen molar-refractivity contribution >= 4 is 22.6 Å². The smallest absolute Gasteiger partial charge is 0.193 e. The third kappa shape index (κ3) is 3.79. The normalized spacial score (nSPS) is 18.7. The van der Waals surface area contributed by atoms with Crippen molar-refractivity contribution in [2.24, 2.45) is 0 Å². The zero-order valence-corrected chi connectivity index (χ0v) is 17.0. The summed E-state index contributed by atoms with van der Waals surface area (Å²) < 4.78 is 11.4. The first-order valence-electron chi connectivity index (χ1n) is 9.94. The molecule has 1 saturated heterocycles. The molecule has 4 aromatic rings. The minimum Gasteiger partial charge on any atom is -0.473 e.